The summed E-state index contributed by atoms with van der Waals surface area (Å²) in [6.45, 7) is 3.01. The van der Waals surface area contributed by atoms with Gasteiger partial charge in [0.1, 0.15) is 0 Å². The van der Waals surface area contributed by atoms with Gasteiger partial charge in [0, 0.05) is 11.6 Å². The van der Waals surface area contributed by atoms with Crippen molar-refractivity contribution in [1.82, 2.24) is 0 Å². The summed E-state index contributed by atoms with van der Waals surface area (Å²) >= 11 is 5.83. The lowest BCUT2D eigenvalue weighted by atomic mass is 9.93. The molecular weight excluding hydrogens is 210 g/mol. The summed E-state index contributed by atoms with van der Waals surface area (Å²) in [5.74, 6) is 0.538. The van der Waals surface area contributed by atoms with E-state index in [0.29, 0.717) is 5.92 Å². The highest BCUT2D eigenvalue weighted by atomic mass is 35.5. The van der Waals surface area contributed by atoms with E-state index in [1.807, 2.05) is 24.3 Å². The maximum Gasteiger partial charge on any atom is 0.0793 e. The minimum atomic E-state index is -0.0419. The largest absolute Gasteiger partial charge is 0.376 e. The molecule has 1 aliphatic rings. The third kappa shape index (κ3) is 2.33. The molecule has 2 nitrogen and oxygen atoms in total. The first kappa shape index (κ1) is 10.9. The van der Waals surface area contributed by atoms with Gasteiger partial charge in [-0.1, -0.05) is 30.7 Å². The summed E-state index contributed by atoms with van der Waals surface area (Å²) in [5, 5.41) is 0.742. The van der Waals surface area contributed by atoms with Gasteiger partial charge in [0.2, 0.25) is 0 Å². The van der Waals surface area contributed by atoms with Crippen LogP contribution in [0.25, 0.3) is 0 Å². The van der Waals surface area contributed by atoms with Gasteiger partial charge in [0.15, 0.2) is 0 Å². The molecule has 0 amide bonds. The molecule has 1 saturated heterocycles. The molecule has 15 heavy (non-hydrogen) atoms. The average molecular weight is 226 g/mol. The zero-order chi connectivity index (χ0) is 10.8. The van der Waals surface area contributed by atoms with Crippen molar-refractivity contribution < 1.29 is 4.74 Å². The topological polar surface area (TPSA) is 35.2 Å². The van der Waals surface area contributed by atoms with Gasteiger partial charge in [0.25, 0.3) is 0 Å². The van der Waals surface area contributed by atoms with Gasteiger partial charge in [-0.2, -0.15) is 0 Å². The lowest BCUT2D eigenvalue weighted by molar-refractivity contribution is 0.0725. The number of nitrogens with two attached hydrogens (primary N) is 1. The summed E-state index contributed by atoms with van der Waals surface area (Å²) in [5.41, 5.74) is 7.27. The fraction of sp³-hybridized carbons (Fsp3) is 0.500. The van der Waals surface area contributed by atoms with E-state index in [9.17, 15) is 0 Å². The second-order valence-corrected chi connectivity index (χ2v) is 4.62. The summed E-state index contributed by atoms with van der Waals surface area (Å²) in [4.78, 5) is 0. The number of ether oxygens (including phenoxy) is 1. The molecular formula is C12H16ClNO. The Morgan fingerprint density at radius 1 is 1.40 bits per heavy atom. The molecule has 0 saturated carbocycles. The lowest BCUT2D eigenvalue weighted by Gasteiger charge is -2.22. The van der Waals surface area contributed by atoms with Gasteiger partial charge < -0.3 is 10.5 Å². The van der Waals surface area contributed by atoms with Crippen LogP contribution in [0.4, 0.5) is 0 Å². The van der Waals surface area contributed by atoms with Gasteiger partial charge in [-0.25, -0.2) is 0 Å². The Balaban J connectivity index is 2.13. The normalized spacial score (nSPS) is 27.9. The molecule has 3 heteroatoms. The molecule has 82 valence electrons. The highest BCUT2D eigenvalue weighted by Crippen LogP contribution is 2.29. The molecule has 3 unspecified atom stereocenters. The van der Waals surface area contributed by atoms with E-state index >= 15 is 0 Å². The Morgan fingerprint density at radius 3 is 2.60 bits per heavy atom. The average Bonchev–Trinajstić information content (AvgIpc) is 2.65. The zero-order valence-electron chi connectivity index (χ0n) is 8.82. The van der Waals surface area contributed by atoms with Crippen molar-refractivity contribution in [1.29, 1.82) is 0 Å². The Labute approximate surface area is 95.4 Å². The SMILES string of the molecule is CC1CCOC1C(N)c1ccc(Cl)cc1. The third-order valence-corrected chi connectivity index (χ3v) is 3.31. The molecule has 1 aliphatic heterocycles. The van der Waals surface area contributed by atoms with Crippen molar-refractivity contribution >= 4 is 11.6 Å². The minimum absolute atomic E-state index is 0.0419. The summed E-state index contributed by atoms with van der Waals surface area (Å²) in [7, 11) is 0. The van der Waals surface area contributed by atoms with Crippen LogP contribution in [0.3, 0.4) is 0 Å². The summed E-state index contributed by atoms with van der Waals surface area (Å²) in [6, 6.07) is 7.65. The van der Waals surface area contributed by atoms with E-state index in [0.717, 1.165) is 23.6 Å². The molecule has 1 aromatic rings. The second kappa shape index (κ2) is 4.52. The first-order chi connectivity index (χ1) is 7.18. The fourth-order valence-electron chi connectivity index (χ4n) is 2.05. The first-order valence-electron chi connectivity index (χ1n) is 5.31. The van der Waals surface area contributed by atoms with Gasteiger partial charge in [0.05, 0.1) is 12.1 Å². The number of hydrogen-bond donors (Lipinski definition) is 1. The Hall–Kier alpha value is -0.570. The Morgan fingerprint density at radius 2 is 2.07 bits per heavy atom. The summed E-state index contributed by atoms with van der Waals surface area (Å²) in [6.07, 6.45) is 1.25. The predicted octanol–water partition coefficient (Wildman–Crippen LogP) is 2.76. The van der Waals surface area contributed by atoms with Crippen molar-refractivity contribution in [2.24, 2.45) is 11.7 Å². The Bertz CT molecular complexity index is 325. The third-order valence-electron chi connectivity index (χ3n) is 3.05. The van der Waals surface area contributed by atoms with Crippen LogP contribution < -0.4 is 5.73 Å². The van der Waals surface area contributed by atoms with Crippen molar-refractivity contribution in [3.05, 3.63) is 34.9 Å². The number of halogens is 1. The van der Waals surface area contributed by atoms with Crippen molar-refractivity contribution in [2.75, 3.05) is 6.61 Å². The zero-order valence-corrected chi connectivity index (χ0v) is 9.58. The Kier molecular flexibility index (Phi) is 3.29. The molecule has 0 bridgehead atoms. The smallest absolute Gasteiger partial charge is 0.0793 e. The maximum atomic E-state index is 6.17. The molecule has 1 heterocycles. The number of hydrogen-bond acceptors (Lipinski definition) is 2. The number of rotatable bonds is 2. The molecule has 3 atom stereocenters. The van der Waals surface area contributed by atoms with E-state index in [1.165, 1.54) is 0 Å². The van der Waals surface area contributed by atoms with E-state index < -0.39 is 0 Å². The molecule has 1 fully saturated rings. The van der Waals surface area contributed by atoms with Crippen LogP contribution >= 0.6 is 11.6 Å². The van der Waals surface area contributed by atoms with Crippen molar-refractivity contribution in [2.45, 2.75) is 25.5 Å². The summed E-state index contributed by atoms with van der Waals surface area (Å²) < 4.78 is 5.65. The van der Waals surface area contributed by atoms with Gasteiger partial charge >= 0.3 is 0 Å². The molecule has 2 rings (SSSR count). The molecule has 0 spiro atoms. The minimum Gasteiger partial charge on any atom is -0.376 e. The first-order valence-corrected chi connectivity index (χ1v) is 5.69. The van der Waals surface area contributed by atoms with E-state index in [1.54, 1.807) is 0 Å². The highest BCUT2D eigenvalue weighted by Gasteiger charge is 2.30. The van der Waals surface area contributed by atoms with Crippen LogP contribution in [0.2, 0.25) is 5.02 Å². The van der Waals surface area contributed by atoms with E-state index in [4.69, 9.17) is 22.1 Å². The van der Waals surface area contributed by atoms with Crippen molar-refractivity contribution in [3.63, 3.8) is 0 Å². The molecule has 2 N–H and O–H groups in total. The number of benzene rings is 1. The predicted molar refractivity (Wildman–Crippen MR) is 61.9 cm³/mol. The lowest BCUT2D eigenvalue weighted by Crippen LogP contribution is -2.29. The molecule has 0 radical (unpaired) electrons. The van der Waals surface area contributed by atoms with E-state index in [-0.39, 0.29) is 12.1 Å². The van der Waals surface area contributed by atoms with Gasteiger partial charge in [-0.05, 0) is 30.0 Å². The van der Waals surface area contributed by atoms with Crippen LogP contribution in [0, 0.1) is 5.92 Å². The van der Waals surface area contributed by atoms with Crippen LogP contribution in [0.1, 0.15) is 24.9 Å². The molecule has 1 aromatic carbocycles. The quantitative estimate of drug-likeness (QED) is 0.840. The fourth-order valence-corrected chi connectivity index (χ4v) is 2.18. The monoisotopic (exact) mass is 225 g/mol. The van der Waals surface area contributed by atoms with Crippen LogP contribution in [-0.2, 0) is 4.74 Å². The van der Waals surface area contributed by atoms with Crippen LogP contribution in [-0.4, -0.2) is 12.7 Å². The molecule has 0 aromatic heterocycles. The van der Waals surface area contributed by atoms with Crippen LogP contribution in [0.5, 0.6) is 0 Å². The highest BCUT2D eigenvalue weighted by molar-refractivity contribution is 6.30. The van der Waals surface area contributed by atoms with E-state index in [2.05, 4.69) is 6.92 Å². The second-order valence-electron chi connectivity index (χ2n) is 4.18. The molecule has 0 aliphatic carbocycles. The van der Waals surface area contributed by atoms with Gasteiger partial charge in [-0.15, -0.1) is 0 Å². The standard InChI is InChI=1S/C12H16ClNO/c1-8-6-7-15-12(8)11(14)9-2-4-10(13)5-3-9/h2-5,8,11-12H,6-7,14H2,1H3. The van der Waals surface area contributed by atoms with Crippen LogP contribution in [0.15, 0.2) is 24.3 Å². The van der Waals surface area contributed by atoms with Crippen molar-refractivity contribution in [3.8, 4) is 0 Å². The maximum absolute atomic E-state index is 6.17. The van der Waals surface area contributed by atoms with Gasteiger partial charge in [-0.3, -0.25) is 0 Å².